The smallest absolute Gasteiger partial charge is 0.344 e. The Hall–Kier alpha value is -5.58. The maximum absolute atomic E-state index is 13.6. The molecule has 11 heteroatoms. The van der Waals surface area contributed by atoms with Gasteiger partial charge in [-0.3, -0.25) is 0 Å². The van der Waals surface area contributed by atoms with Gasteiger partial charge in [0.1, 0.15) is 11.9 Å². The van der Waals surface area contributed by atoms with Crippen LogP contribution in [-0.4, -0.2) is 46.0 Å². The predicted octanol–water partition coefficient (Wildman–Crippen LogP) is 4.92. The third-order valence-corrected chi connectivity index (χ3v) is 7.14. The monoisotopic (exact) mass is 550 g/mol. The molecular formula is C30H22N4O7. The van der Waals surface area contributed by atoms with Crippen molar-refractivity contribution in [2.75, 3.05) is 21.3 Å². The molecule has 1 aliphatic heterocycles. The first-order chi connectivity index (χ1) is 20.0. The number of phenolic OH excluding ortho intramolecular Hbond substituents is 1. The number of hydrogen-bond acceptors (Lipinski definition) is 10. The number of nitrogens with zero attached hydrogens (tertiary/aromatic N) is 4. The third kappa shape index (κ3) is 3.73. The Morgan fingerprint density at radius 2 is 1.68 bits per heavy atom. The quantitative estimate of drug-likeness (QED) is 0.295. The van der Waals surface area contributed by atoms with E-state index in [-0.39, 0.29) is 11.6 Å². The van der Waals surface area contributed by atoms with Gasteiger partial charge in [0.15, 0.2) is 40.2 Å². The molecule has 0 spiro atoms. The number of fused-ring (bicyclic) bond motifs is 6. The second-order valence-electron chi connectivity index (χ2n) is 9.33. The molecule has 7 rings (SSSR count). The van der Waals surface area contributed by atoms with Crippen LogP contribution in [-0.2, 0) is 0 Å². The summed E-state index contributed by atoms with van der Waals surface area (Å²) in [5, 5.41) is 15.6. The third-order valence-electron chi connectivity index (χ3n) is 7.14. The Morgan fingerprint density at radius 3 is 2.46 bits per heavy atom. The molecular weight excluding hydrogens is 528 g/mol. The minimum Gasteiger partial charge on any atom is -0.504 e. The van der Waals surface area contributed by atoms with E-state index in [1.165, 1.54) is 24.0 Å². The van der Waals surface area contributed by atoms with Gasteiger partial charge in [-0.05, 0) is 48.0 Å². The summed E-state index contributed by atoms with van der Waals surface area (Å²) in [7, 11) is 4.57. The number of hydrogen-bond donors (Lipinski definition) is 1. The van der Waals surface area contributed by atoms with Crippen molar-refractivity contribution in [3.05, 3.63) is 94.1 Å². The standard InChI is InChI=1S/C30H22N4O7/c1-37-20-10-9-16(12-18(20)35)27-32-28-25-23(15-8-11-21(38-2)22(13-15)39-3)24-26(41-29(25)31-14-34(28)33-27)17-6-4-5-7-19(17)40-30(24)36/h4-14,23,35H,1-3H3. The molecule has 3 aromatic heterocycles. The zero-order chi connectivity index (χ0) is 28.2. The number of rotatable bonds is 5. The zero-order valence-electron chi connectivity index (χ0n) is 22.1. The van der Waals surface area contributed by atoms with Gasteiger partial charge in [-0.15, -0.1) is 5.10 Å². The number of ether oxygens (including phenoxy) is 4. The van der Waals surface area contributed by atoms with Crippen LogP contribution < -0.4 is 24.6 Å². The van der Waals surface area contributed by atoms with E-state index in [1.807, 2.05) is 18.2 Å². The molecule has 11 nitrogen and oxygen atoms in total. The normalized spacial score (nSPS) is 13.9. The molecule has 0 bridgehead atoms. The second-order valence-corrected chi connectivity index (χ2v) is 9.33. The molecule has 6 aromatic rings. The second kappa shape index (κ2) is 9.26. The van der Waals surface area contributed by atoms with E-state index in [0.29, 0.717) is 67.7 Å². The van der Waals surface area contributed by atoms with Crippen LogP contribution in [0.3, 0.4) is 0 Å². The molecule has 204 valence electrons. The zero-order valence-corrected chi connectivity index (χ0v) is 22.1. The molecule has 0 fully saturated rings. The van der Waals surface area contributed by atoms with Crippen LogP contribution >= 0.6 is 0 Å². The van der Waals surface area contributed by atoms with Crippen molar-refractivity contribution < 1.29 is 28.5 Å². The van der Waals surface area contributed by atoms with Crippen LogP contribution in [0.4, 0.5) is 0 Å². The van der Waals surface area contributed by atoms with Crippen LogP contribution in [0.25, 0.3) is 28.0 Å². The first-order valence-corrected chi connectivity index (χ1v) is 12.6. The number of phenols is 1. The van der Waals surface area contributed by atoms with E-state index in [0.717, 1.165) is 0 Å². The van der Waals surface area contributed by atoms with Gasteiger partial charge >= 0.3 is 5.63 Å². The van der Waals surface area contributed by atoms with Gasteiger partial charge < -0.3 is 28.5 Å². The van der Waals surface area contributed by atoms with E-state index in [4.69, 9.17) is 28.3 Å². The minimum absolute atomic E-state index is 0.0473. The summed E-state index contributed by atoms with van der Waals surface area (Å²) < 4.78 is 29.8. The van der Waals surface area contributed by atoms with Crippen molar-refractivity contribution in [1.29, 1.82) is 0 Å². The Bertz CT molecular complexity index is 2050. The van der Waals surface area contributed by atoms with Gasteiger partial charge in [-0.25, -0.2) is 19.3 Å². The lowest BCUT2D eigenvalue weighted by molar-refractivity contribution is 0.354. The number of methoxy groups -OCH3 is 3. The summed E-state index contributed by atoms with van der Waals surface area (Å²) in [6.07, 6.45) is 1.50. The first-order valence-electron chi connectivity index (χ1n) is 12.6. The number of benzene rings is 3. The molecule has 0 saturated heterocycles. The Balaban J connectivity index is 1.51. The van der Waals surface area contributed by atoms with Crippen LogP contribution in [0.1, 0.15) is 22.6 Å². The summed E-state index contributed by atoms with van der Waals surface area (Å²) in [5.41, 5.74) is 2.35. The highest BCUT2D eigenvalue weighted by Crippen LogP contribution is 2.49. The van der Waals surface area contributed by atoms with Crippen molar-refractivity contribution in [3.63, 3.8) is 0 Å². The molecule has 1 N–H and O–H groups in total. The Morgan fingerprint density at radius 1 is 0.902 bits per heavy atom. The molecule has 0 amide bonds. The van der Waals surface area contributed by atoms with Crippen molar-refractivity contribution >= 4 is 16.6 Å². The molecule has 1 aliphatic rings. The summed E-state index contributed by atoms with van der Waals surface area (Å²) >= 11 is 0. The van der Waals surface area contributed by atoms with Gasteiger partial charge in [0.05, 0.1) is 43.8 Å². The van der Waals surface area contributed by atoms with Crippen LogP contribution in [0.2, 0.25) is 0 Å². The SMILES string of the molecule is COc1ccc(-c2nc3c4c(ncn3n2)Oc2c(c(=O)oc3ccccc23)C4c2ccc(OC)c(OC)c2)cc1O. The molecule has 0 saturated carbocycles. The lowest BCUT2D eigenvalue weighted by Gasteiger charge is -2.27. The summed E-state index contributed by atoms with van der Waals surface area (Å²) in [4.78, 5) is 23.0. The van der Waals surface area contributed by atoms with E-state index in [1.54, 1.807) is 50.6 Å². The lowest BCUT2D eigenvalue weighted by Crippen LogP contribution is -2.22. The van der Waals surface area contributed by atoms with E-state index >= 15 is 0 Å². The molecule has 0 radical (unpaired) electrons. The highest BCUT2D eigenvalue weighted by atomic mass is 16.5. The van der Waals surface area contributed by atoms with E-state index in [2.05, 4.69) is 10.1 Å². The van der Waals surface area contributed by atoms with Crippen molar-refractivity contribution in [3.8, 4) is 46.0 Å². The van der Waals surface area contributed by atoms with Gasteiger partial charge in [0.25, 0.3) is 0 Å². The summed E-state index contributed by atoms with van der Waals surface area (Å²) in [5.74, 6) is 1.57. The van der Waals surface area contributed by atoms with Gasteiger partial charge in [0, 0.05) is 5.56 Å². The summed E-state index contributed by atoms with van der Waals surface area (Å²) in [6.45, 7) is 0. The fourth-order valence-corrected chi connectivity index (χ4v) is 5.25. The molecule has 0 aliphatic carbocycles. The van der Waals surface area contributed by atoms with Crippen molar-refractivity contribution in [1.82, 2.24) is 19.6 Å². The topological polar surface area (TPSA) is 130 Å². The van der Waals surface area contributed by atoms with Gasteiger partial charge in [-0.1, -0.05) is 18.2 Å². The van der Waals surface area contributed by atoms with E-state index in [9.17, 15) is 9.90 Å². The molecule has 4 heterocycles. The number of aromatic hydroxyl groups is 1. The highest BCUT2D eigenvalue weighted by molar-refractivity contribution is 5.87. The van der Waals surface area contributed by atoms with E-state index < -0.39 is 11.5 Å². The van der Waals surface area contributed by atoms with Crippen LogP contribution in [0, 0.1) is 0 Å². The lowest BCUT2D eigenvalue weighted by atomic mass is 9.84. The summed E-state index contributed by atoms with van der Waals surface area (Å²) in [6, 6.07) is 17.5. The fraction of sp³-hybridized carbons (Fsp3) is 0.133. The predicted molar refractivity (Wildman–Crippen MR) is 147 cm³/mol. The van der Waals surface area contributed by atoms with Gasteiger partial charge in [-0.2, -0.15) is 0 Å². The largest absolute Gasteiger partial charge is 0.504 e. The molecule has 3 aromatic carbocycles. The van der Waals surface area contributed by atoms with Crippen molar-refractivity contribution in [2.24, 2.45) is 0 Å². The number of para-hydroxylation sites is 1. The van der Waals surface area contributed by atoms with Crippen molar-refractivity contribution in [2.45, 2.75) is 5.92 Å². The highest BCUT2D eigenvalue weighted by Gasteiger charge is 2.38. The first kappa shape index (κ1) is 24.5. The average Bonchev–Trinajstić information content (AvgIpc) is 3.44. The molecule has 1 unspecified atom stereocenters. The molecule has 41 heavy (non-hydrogen) atoms. The minimum atomic E-state index is -0.702. The van der Waals surface area contributed by atoms with Crippen LogP contribution in [0.15, 0.2) is 76.2 Å². The fourth-order valence-electron chi connectivity index (χ4n) is 5.25. The van der Waals surface area contributed by atoms with Gasteiger partial charge in [0.2, 0.25) is 5.88 Å². The maximum atomic E-state index is 13.6. The Kier molecular flexibility index (Phi) is 5.53. The molecule has 1 atom stereocenters. The Labute approximate surface area is 232 Å². The number of aromatic nitrogens is 4. The maximum Gasteiger partial charge on any atom is 0.344 e. The van der Waals surface area contributed by atoms with Crippen LogP contribution in [0.5, 0.6) is 34.6 Å². The average molecular weight is 551 g/mol.